The Labute approximate surface area is 106 Å². The predicted octanol–water partition coefficient (Wildman–Crippen LogP) is 1.85. The highest BCUT2D eigenvalue weighted by atomic mass is 16.4. The van der Waals surface area contributed by atoms with Gasteiger partial charge in [0.25, 0.3) is 0 Å². The zero-order chi connectivity index (χ0) is 13.9. The van der Waals surface area contributed by atoms with Crippen LogP contribution in [0.2, 0.25) is 0 Å². The van der Waals surface area contributed by atoms with E-state index < -0.39 is 17.4 Å². The third kappa shape index (κ3) is 3.23. The molecule has 0 aromatic heterocycles. The average Bonchev–Trinajstić information content (AvgIpc) is 2.28. The summed E-state index contributed by atoms with van der Waals surface area (Å²) in [6.45, 7) is 3.36. The summed E-state index contributed by atoms with van der Waals surface area (Å²) < 4.78 is 0. The largest absolute Gasteiger partial charge is 0.481 e. The van der Waals surface area contributed by atoms with E-state index >= 15 is 0 Å². The van der Waals surface area contributed by atoms with E-state index in [1.54, 1.807) is 45.2 Å². The number of nitrogens with zero attached hydrogens (tertiary/aromatic N) is 1. The van der Waals surface area contributed by atoms with Crippen molar-refractivity contribution in [3.8, 4) is 0 Å². The molecular formula is C13H18N2O3. The van der Waals surface area contributed by atoms with Crippen LogP contribution in [0.15, 0.2) is 24.3 Å². The SMILES string of the molecule is CN(C(N)=O)c1ccc(CC(C)(C)C(=O)O)cc1. The van der Waals surface area contributed by atoms with Gasteiger partial charge in [-0.2, -0.15) is 0 Å². The summed E-state index contributed by atoms with van der Waals surface area (Å²) >= 11 is 0. The van der Waals surface area contributed by atoms with Gasteiger partial charge >= 0.3 is 12.0 Å². The highest BCUT2D eigenvalue weighted by Gasteiger charge is 2.27. The van der Waals surface area contributed by atoms with Gasteiger partial charge in [0.1, 0.15) is 0 Å². The van der Waals surface area contributed by atoms with Gasteiger partial charge in [0, 0.05) is 12.7 Å². The molecular weight excluding hydrogens is 232 g/mol. The number of hydrogen-bond donors (Lipinski definition) is 2. The van der Waals surface area contributed by atoms with E-state index in [0.717, 1.165) is 5.56 Å². The average molecular weight is 250 g/mol. The number of carboxylic acids is 1. The standard InChI is InChI=1S/C13H18N2O3/c1-13(2,11(16)17)8-9-4-6-10(7-5-9)15(3)12(14)18/h4-7H,8H2,1-3H3,(H2,14,18)(H,16,17). The number of urea groups is 1. The van der Waals surface area contributed by atoms with Crippen LogP contribution in [0.4, 0.5) is 10.5 Å². The first-order valence-electron chi connectivity index (χ1n) is 5.59. The van der Waals surface area contributed by atoms with Crippen LogP contribution in [-0.4, -0.2) is 24.2 Å². The molecule has 0 aliphatic heterocycles. The molecule has 0 radical (unpaired) electrons. The number of amides is 2. The van der Waals surface area contributed by atoms with Crippen molar-refractivity contribution < 1.29 is 14.7 Å². The minimum absolute atomic E-state index is 0.433. The van der Waals surface area contributed by atoms with Crippen LogP contribution in [0.5, 0.6) is 0 Å². The van der Waals surface area contributed by atoms with E-state index in [4.69, 9.17) is 10.8 Å². The number of anilines is 1. The lowest BCUT2D eigenvalue weighted by Crippen LogP contribution is -2.31. The van der Waals surface area contributed by atoms with Crippen molar-refractivity contribution in [2.75, 3.05) is 11.9 Å². The zero-order valence-corrected chi connectivity index (χ0v) is 10.8. The molecule has 2 amide bonds. The number of rotatable bonds is 4. The number of benzene rings is 1. The van der Waals surface area contributed by atoms with E-state index in [-0.39, 0.29) is 0 Å². The quantitative estimate of drug-likeness (QED) is 0.855. The fraction of sp³-hybridized carbons (Fsp3) is 0.385. The second kappa shape index (κ2) is 5.08. The maximum Gasteiger partial charge on any atom is 0.318 e. The monoisotopic (exact) mass is 250 g/mol. The van der Waals surface area contributed by atoms with Gasteiger partial charge in [-0.05, 0) is 38.0 Å². The number of nitrogens with two attached hydrogens (primary N) is 1. The molecule has 0 fully saturated rings. The van der Waals surface area contributed by atoms with Gasteiger partial charge in [0.05, 0.1) is 5.41 Å². The van der Waals surface area contributed by atoms with Gasteiger partial charge in [-0.25, -0.2) is 4.79 Å². The Balaban J connectivity index is 2.84. The third-order valence-corrected chi connectivity index (χ3v) is 2.88. The number of carbonyl (C=O) groups excluding carboxylic acids is 1. The smallest absolute Gasteiger partial charge is 0.318 e. The molecule has 1 aromatic carbocycles. The minimum Gasteiger partial charge on any atom is -0.481 e. The van der Waals surface area contributed by atoms with Crippen molar-refractivity contribution in [2.24, 2.45) is 11.1 Å². The van der Waals surface area contributed by atoms with Crippen molar-refractivity contribution in [1.29, 1.82) is 0 Å². The normalized spacial score (nSPS) is 11.1. The Hall–Kier alpha value is -2.04. The van der Waals surface area contributed by atoms with Gasteiger partial charge in [-0.3, -0.25) is 9.69 Å². The van der Waals surface area contributed by atoms with E-state index in [1.165, 1.54) is 4.90 Å². The molecule has 0 atom stereocenters. The van der Waals surface area contributed by atoms with Crippen LogP contribution in [-0.2, 0) is 11.2 Å². The molecule has 18 heavy (non-hydrogen) atoms. The second-order valence-electron chi connectivity index (χ2n) is 4.93. The molecule has 5 nitrogen and oxygen atoms in total. The van der Waals surface area contributed by atoms with Gasteiger partial charge in [0.2, 0.25) is 0 Å². The molecule has 3 N–H and O–H groups in total. The second-order valence-corrected chi connectivity index (χ2v) is 4.93. The zero-order valence-electron chi connectivity index (χ0n) is 10.8. The van der Waals surface area contributed by atoms with Crippen LogP contribution in [0.3, 0.4) is 0 Å². The van der Waals surface area contributed by atoms with Crippen molar-refractivity contribution in [3.63, 3.8) is 0 Å². The van der Waals surface area contributed by atoms with E-state index in [9.17, 15) is 9.59 Å². The Morgan fingerprint density at radius 2 is 1.78 bits per heavy atom. The molecule has 0 unspecified atom stereocenters. The maximum absolute atomic E-state index is 11.0. The van der Waals surface area contributed by atoms with Gasteiger partial charge in [-0.1, -0.05) is 12.1 Å². The first kappa shape index (κ1) is 14.0. The third-order valence-electron chi connectivity index (χ3n) is 2.88. The lowest BCUT2D eigenvalue weighted by Gasteiger charge is -2.20. The van der Waals surface area contributed by atoms with Gasteiger partial charge < -0.3 is 10.8 Å². The van der Waals surface area contributed by atoms with Crippen LogP contribution in [0.1, 0.15) is 19.4 Å². The maximum atomic E-state index is 11.0. The van der Waals surface area contributed by atoms with Crippen LogP contribution in [0, 0.1) is 5.41 Å². The van der Waals surface area contributed by atoms with E-state index in [0.29, 0.717) is 12.1 Å². The van der Waals surface area contributed by atoms with Crippen molar-refractivity contribution >= 4 is 17.7 Å². The molecule has 0 aliphatic rings. The molecule has 0 saturated heterocycles. The number of aliphatic carboxylic acids is 1. The lowest BCUT2D eigenvalue weighted by atomic mass is 9.86. The molecule has 0 saturated carbocycles. The summed E-state index contributed by atoms with van der Waals surface area (Å²) in [6.07, 6.45) is 0.433. The Kier molecular flexibility index (Phi) is 3.96. The number of carbonyl (C=O) groups is 2. The predicted molar refractivity (Wildman–Crippen MR) is 69.5 cm³/mol. The molecule has 0 heterocycles. The van der Waals surface area contributed by atoms with E-state index in [2.05, 4.69) is 0 Å². The topological polar surface area (TPSA) is 83.6 Å². The lowest BCUT2D eigenvalue weighted by molar-refractivity contribution is -0.146. The van der Waals surface area contributed by atoms with Crippen LogP contribution < -0.4 is 10.6 Å². The summed E-state index contributed by atoms with van der Waals surface area (Å²) in [6, 6.07) is 6.57. The molecule has 1 aromatic rings. The summed E-state index contributed by atoms with van der Waals surface area (Å²) in [4.78, 5) is 23.3. The van der Waals surface area contributed by atoms with Crippen molar-refractivity contribution in [2.45, 2.75) is 20.3 Å². The molecule has 0 spiro atoms. The Morgan fingerprint density at radius 1 is 1.28 bits per heavy atom. The summed E-state index contributed by atoms with van der Waals surface area (Å²) in [5.41, 5.74) is 5.93. The molecule has 5 heteroatoms. The van der Waals surface area contributed by atoms with Crippen molar-refractivity contribution in [1.82, 2.24) is 0 Å². The highest BCUT2D eigenvalue weighted by Crippen LogP contribution is 2.23. The first-order chi connectivity index (χ1) is 8.24. The summed E-state index contributed by atoms with van der Waals surface area (Å²) in [5.74, 6) is -0.833. The molecule has 0 bridgehead atoms. The minimum atomic E-state index is -0.833. The van der Waals surface area contributed by atoms with Crippen molar-refractivity contribution in [3.05, 3.63) is 29.8 Å². The van der Waals surface area contributed by atoms with Crippen LogP contribution in [0.25, 0.3) is 0 Å². The number of primary amides is 1. The first-order valence-corrected chi connectivity index (χ1v) is 5.59. The fourth-order valence-corrected chi connectivity index (χ4v) is 1.55. The van der Waals surface area contributed by atoms with E-state index in [1.807, 2.05) is 0 Å². The number of carboxylic acid groups (broad SMARTS) is 1. The Morgan fingerprint density at radius 3 is 2.17 bits per heavy atom. The van der Waals surface area contributed by atoms with Gasteiger partial charge in [-0.15, -0.1) is 0 Å². The molecule has 0 aliphatic carbocycles. The summed E-state index contributed by atoms with van der Waals surface area (Å²) in [7, 11) is 1.58. The van der Waals surface area contributed by atoms with Gasteiger partial charge in [0.15, 0.2) is 0 Å². The number of hydrogen-bond acceptors (Lipinski definition) is 2. The highest BCUT2D eigenvalue weighted by molar-refractivity contribution is 5.89. The Bertz CT molecular complexity index is 452. The molecule has 98 valence electrons. The van der Waals surface area contributed by atoms with Crippen LogP contribution >= 0.6 is 0 Å². The fourth-order valence-electron chi connectivity index (χ4n) is 1.55. The molecule has 1 rings (SSSR count). The summed E-state index contributed by atoms with van der Waals surface area (Å²) in [5, 5.41) is 9.05.